The van der Waals surface area contributed by atoms with Crippen LogP contribution < -0.4 is 10.6 Å². The Hall–Kier alpha value is -0.490. The maximum absolute atomic E-state index is 5.80. The summed E-state index contributed by atoms with van der Waals surface area (Å²) < 4.78 is 1.24. The van der Waals surface area contributed by atoms with Crippen LogP contribution in [0.25, 0.3) is 0 Å². The van der Waals surface area contributed by atoms with E-state index in [9.17, 15) is 0 Å². The molecule has 0 spiro atoms. The zero-order chi connectivity index (χ0) is 12.6. The van der Waals surface area contributed by atoms with Gasteiger partial charge >= 0.3 is 0 Å². The third kappa shape index (κ3) is 2.68. The zero-order valence-corrected chi connectivity index (χ0v) is 12.8. The molecule has 4 heteroatoms. The Labute approximate surface area is 117 Å². The first-order valence-corrected chi connectivity index (χ1v) is 7.09. The number of anilines is 2. The van der Waals surface area contributed by atoms with Crippen LogP contribution in [0.2, 0.25) is 0 Å². The highest BCUT2D eigenvalue weighted by molar-refractivity contribution is 14.1. The molecule has 0 radical (unpaired) electrons. The number of halogens is 1. The molecule has 94 valence electrons. The zero-order valence-electron chi connectivity index (χ0n) is 10.7. The number of nitrogens with two attached hydrogens (primary N) is 1. The van der Waals surface area contributed by atoms with E-state index in [0.717, 1.165) is 18.8 Å². The van der Waals surface area contributed by atoms with Crippen molar-refractivity contribution < 1.29 is 0 Å². The van der Waals surface area contributed by atoms with Gasteiger partial charge in [0, 0.05) is 34.4 Å². The monoisotopic (exact) mass is 345 g/mol. The van der Waals surface area contributed by atoms with Gasteiger partial charge in [-0.25, -0.2) is 0 Å². The van der Waals surface area contributed by atoms with Gasteiger partial charge in [0.25, 0.3) is 0 Å². The van der Waals surface area contributed by atoms with Gasteiger partial charge in [0.1, 0.15) is 0 Å². The van der Waals surface area contributed by atoms with Crippen LogP contribution in [-0.2, 0) is 0 Å². The molecule has 1 aromatic rings. The first kappa shape index (κ1) is 13.0. The fraction of sp³-hybridized carbons (Fsp3) is 0.538. The molecule has 0 aromatic heterocycles. The Balaban J connectivity index is 2.23. The van der Waals surface area contributed by atoms with E-state index in [4.69, 9.17) is 5.73 Å². The molecular weight excluding hydrogens is 325 g/mol. The Morgan fingerprint density at radius 1 is 1.24 bits per heavy atom. The topological polar surface area (TPSA) is 32.5 Å². The second kappa shape index (κ2) is 5.02. The van der Waals surface area contributed by atoms with E-state index in [1.807, 2.05) is 12.1 Å². The molecule has 0 aliphatic carbocycles. The first-order chi connectivity index (χ1) is 7.99. The fourth-order valence-electron chi connectivity index (χ4n) is 2.38. The van der Waals surface area contributed by atoms with Crippen LogP contribution in [-0.4, -0.2) is 37.1 Å². The van der Waals surface area contributed by atoms with Crippen molar-refractivity contribution in [1.29, 1.82) is 0 Å². The van der Waals surface area contributed by atoms with Crippen molar-refractivity contribution in [3.8, 4) is 0 Å². The summed E-state index contributed by atoms with van der Waals surface area (Å²) in [5, 5.41) is 0. The molecule has 1 fully saturated rings. The molecule has 2 rings (SSSR count). The minimum absolute atomic E-state index is 0.590. The molecule has 17 heavy (non-hydrogen) atoms. The number of piperazine rings is 1. The van der Waals surface area contributed by atoms with Gasteiger partial charge in [-0.3, -0.25) is 4.90 Å². The molecule has 2 atom stereocenters. The number of benzene rings is 1. The Kier molecular flexibility index (Phi) is 3.82. The average molecular weight is 345 g/mol. The first-order valence-electron chi connectivity index (χ1n) is 6.01. The van der Waals surface area contributed by atoms with E-state index in [2.05, 4.69) is 59.4 Å². The van der Waals surface area contributed by atoms with E-state index in [0.29, 0.717) is 12.1 Å². The number of rotatable bonds is 1. The Morgan fingerprint density at radius 2 is 1.82 bits per heavy atom. The summed E-state index contributed by atoms with van der Waals surface area (Å²) in [6, 6.07) is 7.36. The normalized spacial score (nSPS) is 26.2. The van der Waals surface area contributed by atoms with Gasteiger partial charge in [-0.2, -0.15) is 0 Å². The van der Waals surface area contributed by atoms with Crippen molar-refractivity contribution in [3.05, 3.63) is 21.8 Å². The van der Waals surface area contributed by atoms with Crippen LogP contribution in [0.5, 0.6) is 0 Å². The van der Waals surface area contributed by atoms with Crippen LogP contribution in [0.4, 0.5) is 11.4 Å². The lowest BCUT2D eigenvalue weighted by Gasteiger charge is -2.43. The summed E-state index contributed by atoms with van der Waals surface area (Å²) in [6.07, 6.45) is 0. The van der Waals surface area contributed by atoms with Gasteiger partial charge in [0.05, 0.1) is 5.69 Å². The second-order valence-electron chi connectivity index (χ2n) is 4.98. The summed E-state index contributed by atoms with van der Waals surface area (Å²) in [5.74, 6) is 0. The van der Waals surface area contributed by atoms with Crippen molar-refractivity contribution in [2.45, 2.75) is 25.9 Å². The van der Waals surface area contributed by atoms with E-state index < -0.39 is 0 Å². The van der Waals surface area contributed by atoms with E-state index >= 15 is 0 Å². The summed E-state index contributed by atoms with van der Waals surface area (Å²) >= 11 is 2.37. The largest absolute Gasteiger partial charge is 0.399 e. The van der Waals surface area contributed by atoms with E-state index in [-0.39, 0.29) is 0 Å². The third-order valence-electron chi connectivity index (χ3n) is 3.67. The van der Waals surface area contributed by atoms with Crippen molar-refractivity contribution in [1.82, 2.24) is 4.90 Å². The number of hydrogen-bond donors (Lipinski definition) is 1. The Bertz CT molecular complexity index is 396. The van der Waals surface area contributed by atoms with Crippen LogP contribution in [0.15, 0.2) is 18.2 Å². The quantitative estimate of drug-likeness (QED) is 0.627. The van der Waals surface area contributed by atoms with Crippen LogP contribution in [0.3, 0.4) is 0 Å². The molecule has 0 amide bonds. The van der Waals surface area contributed by atoms with Gasteiger partial charge in [-0.15, -0.1) is 0 Å². The SMILES string of the molecule is CC1CN(c2ccc(N)cc2I)CC(C)N1C. The van der Waals surface area contributed by atoms with E-state index in [1.165, 1.54) is 9.26 Å². The summed E-state index contributed by atoms with van der Waals surface area (Å²) in [4.78, 5) is 4.91. The molecule has 1 aromatic carbocycles. The summed E-state index contributed by atoms with van der Waals surface area (Å²) in [5.41, 5.74) is 7.95. The summed E-state index contributed by atoms with van der Waals surface area (Å²) in [7, 11) is 2.21. The highest BCUT2D eigenvalue weighted by atomic mass is 127. The van der Waals surface area contributed by atoms with Crippen LogP contribution in [0, 0.1) is 3.57 Å². The summed E-state index contributed by atoms with van der Waals surface area (Å²) in [6.45, 7) is 6.74. The molecule has 0 saturated carbocycles. The second-order valence-corrected chi connectivity index (χ2v) is 6.14. The number of nitrogens with zero attached hydrogens (tertiary/aromatic N) is 2. The lowest BCUT2D eigenvalue weighted by atomic mass is 10.1. The minimum Gasteiger partial charge on any atom is -0.399 e. The van der Waals surface area contributed by atoms with E-state index in [1.54, 1.807) is 0 Å². The highest BCUT2D eigenvalue weighted by Gasteiger charge is 2.27. The predicted octanol–water partition coefficient (Wildman–Crippen LogP) is 2.40. The lowest BCUT2D eigenvalue weighted by molar-refractivity contribution is 0.170. The predicted molar refractivity (Wildman–Crippen MR) is 82.5 cm³/mol. The van der Waals surface area contributed by atoms with Gasteiger partial charge in [0.15, 0.2) is 0 Å². The number of hydrogen-bond acceptors (Lipinski definition) is 3. The van der Waals surface area contributed by atoms with Gasteiger partial charge in [-0.05, 0) is 61.7 Å². The minimum atomic E-state index is 0.590. The molecule has 2 unspecified atom stereocenters. The average Bonchev–Trinajstić information content (AvgIpc) is 2.25. The number of nitrogen functional groups attached to an aromatic ring is 1. The fourth-order valence-corrected chi connectivity index (χ4v) is 3.26. The highest BCUT2D eigenvalue weighted by Crippen LogP contribution is 2.27. The van der Waals surface area contributed by atoms with Crippen molar-refractivity contribution in [2.75, 3.05) is 30.8 Å². The maximum atomic E-state index is 5.80. The molecule has 1 heterocycles. The van der Waals surface area contributed by atoms with Crippen molar-refractivity contribution >= 4 is 34.0 Å². The maximum Gasteiger partial charge on any atom is 0.0504 e. The van der Waals surface area contributed by atoms with Gasteiger partial charge in [0.2, 0.25) is 0 Å². The molecule has 0 bridgehead atoms. The van der Waals surface area contributed by atoms with Crippen molar-refractivity contribution in [2.24, 2.45) is 0 Å². The molecule has 1 saturated heterocycles. The molecule has 1 aliphatic heterocycles. The molecule has 1 aliphatic rings. The number of likely N-dealkylation sites (N-methyl/N-ethyl adjacent to an activating group) is 1. The van der Waals surface area contributed by atoms with Crippen LogP contribution in [0.1, 0.15) is 13.8 Å². The van der Waals surface area contributed by atoms with Crippen LogP contribution >= 0.6 is 22.6 Å². The smallest absolute Gasteiger partial charge is 0.0504 e. The van der Waals surface area contributed by atoms with Gasteiger partial charge in [-0.1, -0.05) is 0 Å². The van der Waals surface area contributed by atoms with Gasteiger partial charge < -0.3 is 10.6 Å². The standard InChI is InChI=1S/C13H20IN3/c1-9-7-17(8-10(2)16(9)3)13-5-4-11(15)6-12(13)14/h4-6,9-10H,7-8,15H2,1-3H3. The Morgan fingerprint density at radius 3 is 2.35 bits per heavy atom. The molecular formula is C13H20IN3. The van der Waals surface area contributed by atoms with Crippen molar-refractivity contribution in [3.63, 3.8) is 0 Å². The molecule has 3 nitrogen and oxygen atoms in total. The lowest BCUT2D eigenvalue weighted by Crippen LogP contribution is -2.55. The third-order valence-corrected chi connectivity index (χ3v) is 4.54. The molecule has 2 N–H and O–H groups in total.